The van der Waals surface area contributed by atoms with Crippen molar-refractivity contribution in [2.24, 2.45) is 5.92 Å². The van der Waals surface area contributed by atoms with Gasteiger partial charge in [0.2, 0.25) is 5.91 Å². The Morgan fingerprint density at radius 3 is 2.55 bits per heavy atom. The molecule has 1 aliphatic heterocycles. The fourth-order valence-electron chi connectivity index (χ4n) is 3.66. The zero-order valence-electron chi connectivity index (χ0n) is 17.8. The minimum absolute atomic E-state index is 0.00871. The van der Waals surface area contributed by atoms with Crippen molar-refractivity contribution in [3.8, 4) is 17.2 Å². The molecule has 0 aliphatic carbocycles. The molecule has 2 aromatic carbocycles. The van der Waals surface area contributed by atoms with Gasteiger partial charge in [-0.05, 0) is 54.7 Å². The maximum absolute atomic E-state index is 12.8. The fraction of sp³-hybridized carbons (Fsp3) is 0.458. The van der Waals surface area contributed by atoms with Crippen LogP contribution in [0.15, 0.2) is 36.4 Å². The Kier molecular flexibility index (Phi) is 7.02. The molecule has 0 saturated heterocycles. The molecule has 0 aromatic heterocycles. The van der Waals surface area contributed by atoms with Crippen molar-refractivity contribution >= 4 is 5.91 Å². The summed E-state index contributed by atoms with van der Waals surface area (Å²) in [6.07, 6.45) is 1.26. The van der Waals surface area contributed by atoms with E-state index in [0.717, 1.165) is 35.7 Å². The van der Waals surface area contributed by atoms with Crippen molar-refractivity contribution in [2.45, 2.75) is 46.6 Å². The second-order valence-corrected chi connectivity index (χ2v) is 7.58. The van der Waals surface area contributed by atoms with Crippen molar-refractivity contribution in [2.75, 3.05) is 19.8 Å². The van der Waals surface area contributed by atoms with Crippen LogP contribution in [-0.2, 0) is 17.6 Å². The zero-order chi connectivity index (χ0) is 20.8. The smallest absolute Gasteiger partial charge is 0.224 e. The molecular formula is C24H31NO4. The Labute approximate surface area is 173 Å². The maximum atomic E-state index is 12.8. The number of fused-ring (bicyclic) bond motifs is 1. The highest BCUT2D eigenvalue weighted by Crippen LogP contribution is 2.33. The van der Waals surface area contributed by atoms with Gasteiger partial charge in [-0.3, -0.25) is 4.79 Å². The molecule has 1 atom stereocenters. The second-order valence-electron chi connectivity index (χ2n) is 7.58. The number of ether oxygens (including phenoxy) is 3. The Morgan fingerprint density at radius 1 is 1.07 bits per heavy atom. The largest absolute Gasteiger partial charge is 0.493 e. The van der Waals surface area contributed by atoms with Crippen LogP contribution in [0.4, 0.5) is 0 Å². The van der Waals surface area contributed by atoms with Crippen LogP contribution in [0.5, 0.6) is 17.2 Å². The molecule has 0 spiro atoms. The topological polar surface area (TPSA) is 56.8 Å². The second kappa shape index (κ2) is 9.68. The lowest BCUT2D eigenvalue weighted by molar-refractivity contribution is -0.121. The molecule has 0 bridgehead atoms. The lowest BCUT2D eigenvalue weighted by Crippen LogP contribution is -2.32. The molecule has 2 aromatic rings. The summed E-state index contributed by atoms with van der Waals surface area (Å²) in [6, 6.07) is 11.8. The number of hydrogen-bond acceptors (Lipinski definition) is 4. The van der Waals surface area contributed by atoms with E-state index in [9.17, 15) is 4.79 Å². The van der Waals surface area contributed by atoms with E-state index in [1.54, 1.807) is 0 Å². The quantitative estimate of drug-likeness (QED) is 0.678. The first-order chi connectivity index (χ1) is 14.0. The van der Waals surface area contributed by atoms with Gasteiger partial charge in [0.25, 0.3) is 0 Å². The summed E-state index contributed by atoms with van der Waals surface area (Å²) in [6.45, 7) is 9.97. The van der Waals surface area contributed by atoms with Crippen molar-refractivity contribution in [3.05, 3.63) is 53.1 Å². The fourth-order valence-corrected chi connectivity index (χ4v) is 3.66. The summed E-state index contributed by atoms with van der Waals surface area (Å²) in [7, 11) is 0. The highest BCUT2D eigenvalue weighted by atomic mass is 16.5. The van der Waals surface area contributed by atoms with Gasteiger partial charge in [-0.1, -0.05) is 32.0 Å². The first-order valence-corrected chi connectivity index (χ1v) is 10.4. The molecule has 5 heteroatoms. The van der Waals surface area contributed by atoms with Gasteiger partial charge in [-0.25, -0.2) is 0 Å². The molecule has 1 amide bonds. The molecule has 1 aliphatic rings. The highest BCUT2D eigenvalue weighted by Gasteiger charge is 2.21. The predicted octanol–water partition coefficient (Wildman–Crippen LogP) is 4.47. The predicted molar refractivity (Wildman–Crippen MR) is 114 cm³/mol. The summed E-state index contributed by atoms with van der Waals surface area (Å²) in [5.74, 6) is 2.62. The van der Waals surface area contributed by atoms with Gasteiger partial charge in [0.05, 0.1) is 32.3 Å². The Balaban J connectivity index is 1.74. The van der Waals surface area contributed by atoms with Gasteiger partial charge >= 0.3 is 0 Å². The maximum Gasteiger partial charge on any atom is 0.224 e. The third kappa shape index (κ3) is 5.22. The third-order valence-electron chi connectivity index (χ3n) is 5.03. The van der Waals surface area contributed by atoms with Crippen LogP contribution >= 0.6 is 0 Å². The number of nitrogens with one attached hydrogen (secondary N) is 1. The van der Waals surface area contributed by atoms with Crippen LogP contribution in [0.1, 0.15) is 50.4 Å². The molecule has 0 radical (unpaired) electrons. The Bertz CT molecular complexity index is 847. The zero-order valence-corrected chi connectivity index (χ0v) is 17.8. The van der Waals surface area contributed by atoms with Crippen molar-refractivity contribution in [3.63, 3.8) is 0 Å². The van der Waals surface area contributed by atoms with E-state index in [-0.39, 0.29) is 17.9 Å². The van der Waals surface area contributed by atoms with Gasteiger partial charge in [0.15, 0.2) is 11.5 Å². The van der Waals surface area contributed by atoms with Crippen LogP contribution in [0.3, 0.4) is 0 Å². The van der Waals surface area contributed by atoms with Crippen LogP contribution in [0.2, 0.25) is 0 Å². The van der Waals surface area contributed by atoms with Crippen LogP contribution in [-0.4, -0.2) is 25.7 Å². The normalized spacial score (nSPS) is 13.6. The van der Waals surface area contributed by atoms with Gasteiger partial charge in [0.1, 0.15) is 5.75 Å². The summed E-state index contributed by atoms with van der Waals surface area (Å²) in [4.78, 5) is 12.8. The van der Waals surface area contributed by atoms with Gasteiger partial charge < -0.3 is 19.5 Å². The van der Waals surface area contributed by atoms with Gasteiger partial charge in [-0.15, -0.1) is 0 Å². The lowest BCUT2D eigenvalue weighted by atomic mass is 9.95. The van der Waals surface area contributed by atoms with E-state index in [1.807, 2.05) is 44.2 Å². The van der Waals surface area contributed by atoms with Crippen LogP contribution in [0.25, 0.3) is 0 Å². The average molecular weight is 398 g/mol. The number of carbonyl (C=O) groups is 1. The van der Waals surface area contributed by atoms with E-state index in [2.05, 4.69) is 25.2 Å². The Hall–Kier alpha value is -2.69. The van der Waals surface area contributed by atoms with E-state index in [4.69, 9.17) is 14.2 Å². The molecule has 3 rings (SSSR count). The number of carbonyl (C=O) groups excluding carboxylic acids is 1. The molecule has 5 nitrogen and oxygen atoms in total. The SMILES string of the molecule is CCOc1ccc(C(NC(=O)Cc2ccc3c(c2)CCO3)C(C)C)cc1OCC. The molecule has 29 heavy (non-hydrogen) atoms. The molecule has 1 heterocycles. The first-order valence-electron chi connectivity index (χ1n) is 10.4. The molecule has 0 saturated carbocycles. The Morgan fingerprint density at radius 2 is 1.83 bits per heavy atom. The highest BCUT2D eigenvalue weighted by molar-refractivity contribution is 5.79. The van der Waals surface area contributed by atoms with Crippen molar-refractivity contribution < 1.29 is 19.0 Å². The minimum atomic E-state index is -0.102. The number of hydrogen-bond donors (Lipinski definition) is 1. The molecule has 1 N–H and O–H groups in total. The monoisotopic (exact) mass is 397 g/mol. The number of rotatable bonds is 9. The van der Waals surface area contributed by atoms with Crippen molar-refractivity contribution in [1.29, 1.82) is 0 Å². The summed E-state index contributed by atoms with van der Waals surface area (Å²) >= 11 is 0. The lowest BCUT2D eigenvalue weighted by Gasteiger charge is -2.24. The van der Waals surface area contributed by atoms with E-state index in [0.29, 0.717) is 25.4 Å². The van der Waals surface area contributed by atoms with E-state index in [1.165, 1.54) is 5.56 Å². The first kappa shape index (κ1) is 21.0. The summed E-state index contributed by atoms with van der Waals surface area (Å²) in [5, 5.41) is 3.20. The summed E-state index contributed by atoms with van der Waals surface area (Å²) in [5.41, 5.74) is 3.21. The average Bonchev–Trinajstić information content (AvgIpc) is 3.15. The van der Waals surface area contributed by atoms with E-state index < -0.39 is 0 Å². The molecule has 156 valence electrons. The minimum Gasteiger partial charge on any atom is -0.493 e. The number of benzene rings is 2. The van der Waals surface area contributed by atoms with Crippen LogP contribution < -0.4 is 19.5 Å². The third-order valence-corrected chi connectivity index (χ3v) is 5.03. The standard InChI is InChI=1S/C24H31NO4/c1-5-27-21-10-8-19(15-22(21)28-6-2)24(16(3)4)25-23(26)14-17-7-9-20-18(13-17)11-12-29-20/h7-10,13,15-16,24H,5-6,11-12,14H2,1-4H3,(H,25,26). The molecule has 0 fully saturated rings. The van der Waals surface area contributed by atoms with Crippen molar-refractivity contribution in [1.82, 2.24) is 5.32 Å². The molecule has 1 unspecified atom stereocenters. The summed E-state index contributed by atoms with van der Waals surface area (Å²) < 4.78 is 17.0. The molecular weight excluding hydrogens is 366 g/mol. The van der Waals surface area contributed by atoms with Gasteiger partial charge in [-0.2, -0.15) is 0 Å². The van der Waals surface area contributed by atoms with Crippen LogP contribution in [0, 0.1) is 5.92 Å². The van der Waals surface area contributed by atoms with Gasteiger partial charge in [0, 0.05) is 6.42 Å². The number of amides is 1. The van der Waals surface area contributed by atoms with E-state index >= 15 is 0 Å².